The molecule has 2 aromatic carbocycles. The lowest BCUT2D eigenvalue weighted by atomic mass is 9.98. The fourth-order valence-corrected chi connectivity index (χ4v) is 3.47. The third-order valence-corrected chi connectivity index (χ3v) is 4.91. The number of carbonyl (C=O) groups is 2. The topological polar surface area (TPSA) is 49.4 Å². The molecule has 0 saturated heterocycles. The predicted molar refractivity (Wildman–Crippen MR) is 109 cm³/mol. The van der Waals surface area contributed by atoms with Gasteiger partial charge in [-0.15, -0.1) is 0 Å². The zero-order valence-electron chi connectivity index (χ0n) is 16.4. The summed E-state index contributed by atoms with van der Waals surface area (Å²) in [5.74, 6) is 0.493. The van der Waals surface area contributed by atoms with Gasteiger partial charge < -0.3 is 10.2 Å². The molecule has 1 aliphatic rings. The van der Waals surface area contributed by atoms with Gasteiger partial charge in [0.2, 0.25) is 5.91 Å². The first-order valence-electron chi connectivity index (χ1n) is 9.71. The van der Waals surface area contributed by atoms with E-state index in [0.717, 1.165) is 36.2 Å². The molecule has 0 atom stereocenters. The van der Waals surface area contributed by atoms with Gasteiger partial charge in [0, 0.05) is 30.8 Å². The molecule has 0 unspecified atom stereocenters. The SMILES string of the molecule is Cc1ccc(C(=O)NCc2ccc3c(c2)CCCN3C(=O)CC(C)C)cc1. The van der Waals surface area contributed by atoms with Crippen LogP contribution < -0.4 is 10.2 Å². The minimum atomic E-state index is -0.0681. The van der Waals surface area contributed by atoms with Gasteiger partial charge in [-0.25, -0.2) is 0 Å². The molecule has 0 saturated carbocycles. The summed E-state index contributed by atoms with van der Waals surface area (Å²) in [4.78, 5) is 26.7. The minimum absolute atomic E-state index is 0.0681. The van der Waals surface area contributed by atoms with Crippen LogP contribution in [-0.2, 0) is 17.8 Å². The van der Waals surface area contributed by atoms with E-state index in [1.165, 1.54) is 5.56 Å². The minimum Gasteiger partial charge on any atom is -0.348 e. The van der Waals surface area contributed by atoms with E-state index >= 15 is 0 Å². The zero-order valence-corrected chi connectivity index (χ0v) is 16.4. The third-order valence-electron chi connectivity index (χ3n) is 4.91. The van der Waals surface area contributed by atoms with Gasteiger partial charge in [0.1, 0.15) is 0 Å². The van der Waals surface area contributed by atoms with Gasteiger partial charge in [-0.3, -0.25) is 9.59 Å². The summed E-state index contributed by atoms with van der Waals surface area (Å²) in [6.07, 6.45) is 2.53. The lowest BCUT2D eigenvalue weighted by Gasteiger charge is -2.30. The summed E-state index contributed by atoms with van der Waals surface area (Å²) in [6.45, 7) is 7.43. The van der Waals surface area contributed by atoms with Gasteiger partial charge in [-0.05, 0) is 55.0 Å². The highest BCUT2D eigenvalue weighted by atomic mass is 16.2. The fourth-order valence-electron chi connectivity index (χ4n) is 3.47. The van der Waals surface area contributed by atoms with Crippen molar-refractivity contribution < 1.29 is 9.59 Å². The Morgan fingerprint density at radius 1 is 1.11 bits per heavy atom. The van der Waals surface area contributed by atoms with Crippen LogP contribution in [0.4, 0.5) is 5.69 Å². The Bertz CT molecular complexity index is 825. The molecule has 0 radical (unpaired) electrons. The highest BCUT2D eigenvalue weighted by Gasteiger charge is 2.23. The van der Waals surface area contributed by atoms with Crippen molar-refractivity contribution >= 4 is 17.5 Å². The van der Waals surface area contributed by atoms with E-state index in [0.29, 0.717) is 24.4 Å². The van der Waals surface area contributed by atoms with E-state index in [-0.39, 0.29) is 11.8 Å². The van der Waals surface area contributed by atoms with Crippen molar-refractivity contribution in [3.05, 3.63) is 64.7 Å². The number of carbonyl (C=O) groups excluding carboxylic acids is 2. The van der Waals surface area contributed by atoms with E-state index in [2.05, 4.69) is 25.2 Å². The van der Waals surface area contributed by atoms with E-state index in [1.807, 2.05) is 48.2 Å². The average Bonchev–Trinajstić information content (AvgIpc) is 2.65. The zero-order chi connectivity index (χ0) is 19.4. The molecule has 0 spiro atoms. The summed E-state index contributed by atoms with van der Waals surface area (Å²) in [6, 6.07) is 13.7. The Balaban J connectivity index is 1.67. The van der Waals surface area contributed by atoms with E-state index in [4.69, 9.17) is 0 Å². The molecule has 1 heterocycles. The molecule has 4 nitrogen and oxygen atoms in total. The van der Waals surface area contributed by atoms with Crippen LogP contribution in [0, 0.1) is 12.8 Å². The summed E-state index contributed by atoms with van der Waals surface area (Å²) in [7, 11) is 0. The number of benzene rings is 2. The van der Waals surface area contributed by atoms with Crippen LogP contribution in [-0.4, -0.2) is 18.4 Å². The Kier molecular flexibility index (Phi) is 5.94. The van der Waals surface area contributed by atoms with Crippen LogP contribution >= 0.6 is 0 Å². The summed E-state index contributed by atoms with van der Waals surface area (Å²) < 4.78 is 0. The maximum Gasteiger partial charge on any atom is 0.251 e. The maximum absolute atomic E-state index is 12.5. The van der Waals surface area contributed by atoms with Crippen molar-refractivity contribution in [2.45, 2.75) is 46.6 Å². The summed E-state index contributed by atoms with van der Waals surface area (Å²) in [5, 5.41) is 2.98. The normalized spacial score (nSPS) is 13.4. The number of aryl methyl sites for hydroxylation is 2. The van der Waals surface area contributed by atoms with Gasteiger partial charge in [0.25, 0.3) is 5.91 Å². The van der Waals surface area contributed by atoms with Crippen molar-refractivity contribution in [1.29, 1.82) is 0 Å². The second kappa shape index (κ2) is 8.38. The molecule has 0 fully saturated rings. The number of hydrogen-bond acceptors (Lipinski definition) is 2. The standard InChI is InChI=1S/C23H28N2O2/c1-16(2)13-22(26)25-12-4-5-20-14-18(8-11-21(20)25)15-24-23(27)19-9-6-17(3)7-10-19/h6-11,14,16H,4-5,12-13,15H2,1-3H3,(H,24,27). The van der Waals surface area contributed by atoms with Gasteiger partial charge in [0.05, 0.1) is 0 Å². The van der Waals surface area contributed by atoms with Crippen molar-refractivity contribution in [2.24, 2.45) is 5.92 Å². The number of amides is 2. The molecule has 2 amide bonds. The lowest BCUT2D eigenvalue weighted by Crippen LogP contribution is -2.36. The van der Waals surface area contributed by atoms with Crippen LogP contribution in [0.3, 0.4) is 0 Å². The number of hydrogen-bond donors (Lipinski definition) is 1. The molecule has 1 N–H and O–H groups in total. The highest BCUT2D eigenvalue weighted by molar-refractivity contribution is 5.95. The monoisotopic (exact) mass is 364 g/mol. The van der Waals surface area contributed by atoms with E-state index in [1.54, 1.807) is 0 Å². The lowest BCUT2D eigenvalue weighted by molar-refractivity contribution is -0.119. The number of nitrogens with zero attached hydrogens (tertiary/aromatic N) is 1. The first-order chi connectivity index (χ1) is 12.9. The molecule has 142 valence electrons. The maximum atomic E-state index is 12.5. The first-order valence-corrected chi connectivity index (χ1v) is 9.71. The van der Waals surface area contributed by atoms with Crippen LogP contribution in [0.15, 0.2) is 42.5 Å². The van der Waals surface area contributed by atoms with Crippen molar-refractivity contribution in [2.75, 3.05) is 11.4 Å². The number of nitrogens with one attached hydrogen (secondary N) is 1. The molecular formula is C23H28N2O2. The molecule has 0 aromatic heterocycles. The number of rotatable bonds is 5. The molecule has 3 rings (SSSR count). The smallest absolute Gasteiger partial charge is 0.251 e. The molecule has 27 heavy (non-hydrogen) atoms. The van der Waals surface area contributed by atoms with Gasteiger partial charge >= 0.3 is 0 Å². The number of anilines is 1. The highest BCUT2D eigenvalue weighted by Crippen LogP contribution is 2.29. The van der Waals surface area contributed by atoms with Crippen LogP contribution in [0.1, 0.15) is 53.7 Å². The van der Waals surface area contributed by atoms with Crippen LogP contribution in [0.25, 0.3) is 0 Å². The molecule has 2 aromatic rings. The van der Waals surface area contributed by atoms with Crippen LogP contribution in [0.5, 0.6) is 0 Å². The average molecular weight is 364 g/mol. The van der Waals surface area contributed by atoms with Gasteiger partial charge in [-0.2, -0.15) is 0 Å². The molecule has 0 bridgehead atoms. The molecule has 4 heteroatoms. The van der Waals surface area contributed by atoms with E-state index < -0.39 is 0 Å². The Morgan fingerprint density at radius 2 is 1.85 bits per heavy atom. The summed E-state index contributed by atoms with van der Waals surface area (Å²) >= 11 is 0. The molecular weight excluding hydrogens is 336 g/mol. The van der Waals surface area contributed by atoms with Crippen molar-refractivity contribution in [3.8, 4) is 0 Å². The van der Waals surface area contributed by atoms with Crippen LogP contribution in [0.2, 0.25) is 0 Å². The Morgan fingerprint density at radius 3 is 2.56 bits per heavy atom. The predicted octanol–water partition coefficient (Wildman–Crippen LogP) is 4.25. The van der Waals surface area contributed by atoms with E-state index in [9.17, 15) is 9.59 Å². The fraction of sp³-hybridized carbons (Fsp3) is 0.391. The quantitative estimate of drug-likeness (QED) is 0.862. The van der Waals surface area contributed by atoms with Gasteiger partial charge in [0.15, 0.2) is 0 Å². The molecule has 0 aliphatic carbocycles. The number of fused-ring (bicyclic) bond motifs is 1. The van der Waals surface area contributed by atoms with Crippen molar-refractivity contribution in [3.63, 3.8) is 0 Å². The Hall–Kier alpha value is -2.62. The second-order valence-electron chi connectivity index (χ2n) is 7.76. The third kappa shape index (κ3) is 4.76. The summed E-state index contributed by atoms with van der Waals surface area (Å²) in [5.41, 5.74) is 5.09. The molecule has 1 aliphatic heterocycles. The van der Waals surface area contributed by atoms with Gasteiger partial charge in [-0.1, -0.05) is 43.7 Å². The largest absolute Gasteiger partial charge is 0.348 e. The first kappa shape index (κ1) is 19.2. The van der Waals surface area contributed by atoms with Crippen molar-refractivity contribution in [1.82, 2.24) is 5.32 Å². The Labute approximate surface area is 161 Å². The second-order valence-corrected chi connectivity index (χ2v) is 7.76.